The van der Waals surface area contributed by atoms with E-state index in [1.807, 2.05) is 25.7 Å². The fourth-order valence-corrected chi connectivity index (χ4v) is 8.49. The van der Waals surface area contributed by atoms with E-state index in [0.29, 0.717) is 72.3 Å². The lowest BCUT2D eigenvalue weighted by Gasteiger charge is -2.36. The number of alkyl halides is 1. The molecule has 0 bridgehead atoms. The molecule has 2 atom stereocenters. The van der Waals surface area contributed by atoms with Crippen LogP contribution >= 0.6 is 0 Å². The second kappa shape index (κ2) is 14.3. The summed E-state index contributed by atoms with van der Waals surface area (Å²) in [5, 5.41) is 6.47. The van der Waals surface area contributed by atoms with Crippen molar-refractivity contribution in [1.82, 2.24) is 29.5 Å². The number of rotatable bonds is 8. The molecule has 0 unspecified atom stereocenters. The molecule has 5 aromatic rings. The number of anilines is 1. The van der Waals surface area contributed by atoms with Gasteiger partial charge >= 0.3 is 12.1 Å². The topological polar surface area (TPSA) is 107 Å². The van der Waals surface area contributed by atoms with E-state index in [0.717, 1.165) is 19.4 Å². The average Bonchev–Trinajstić information content (AvgIpc) is 3.83. The van der Waals surface area contributed by atoms with Gasteiger partial charge in [-0.05, 0) is 69.3 Å². The Hall–Kier alpha value is -5.33. The lowest BCUT2D eigenvalue weighted by molar-refractivity contribution is 0.0240. The zero-order valence-electron chi connectivity index (χ0n) is 32.1. The second-order valence-corrected chi connectivity index (χ2v) is 15.8. The molecule has 294 valence electrons. The summed E-state index contributed by atoms with van der Waals surface area (Å²) in [5.41, 5.74) is -0.720. The standard InChI is InChI=1S/C41H44F3N7O5/c1-7-27-30(43)10-9-24-17-26(55-23-53-6)18-28(31(24)27)32-34(44)36-33(29-21-48(5)47-35(29)32)37(49-13-15-50(16-14-49)39(52)56-40(2,3)4)46-38(45-36)54-22-41-11-8-12-51(41)20-25(42)19-41/h1,9-10,17-18,21,25H,8,11-16,19-20,22-23H2,2-6H3/t25-,41+/m1/s1. The van der Waals surface area contributed by atoms with Gasteiger partial charge in [-0.2, -0.15) is 15.1 Å². The van der Waals surface area contributed by atoms with E-state index >= 15 is 8.78 Å². The fraction of sp³-hybridized carbons (Fsp3) is 0.463. The number of halogens is 3. The number of benzene rings is 3. The van der Waals surface area contributed by atoms with Gasteiger partial charge in [0.15, 0.2) is 12.6 Å². The molecule has 0 radical (unpaired) electrons. The van der Waals surface area contributed by atoms with Crippen LogP contribution in [0.15, 0.2) is 30.5 Å². The largest absolute Gasteiger partial charge is 0.468 e. The van der Waals surface area contributed by atoms with E-state index in [4.69, 9.17) is 40.4 Å². The lowest BCUT2D eigenvalue weighted by Crippen LogP contribution is -2.50. The number of carbonyl (C=O) groups excluding carboxylic acids is 1. The Morgan fingerprint density at radius 1 is 1.05 bits per heavy atom. The number of terminal acetylenes is 1. The van der Waals surface area contributed by atoms with Gasteiger partial charge in [0.25, 0.3) is 0 Å². The van der Waals surface area contributed by atoms with Crippen LogP contribution in [0, 0.1) is 24.0 Å². The third-order valence-corrected chi connectivity index (χ3v) is 10.9. The summed E-state index contributed by atoms with van der Waals surface area (Å²) in [5.74, 6) is 1.80. The number of ether oxygens (including phenoxy) is 4. The molecular formula is C41H44F3N7O5. The summed E-state index contributed by atoms with van der Waals surface area (Å²) < 4.78 is 72.5. The predicted molar refractivity (Wildman–Crippen MR) is 206 cm³/mol. The van der Waals surface area contributed by atoms with Crippen molar-refractivity contribution in [2.24, 2.45) is 7.05 Å². The molecule has 0 N–H and O–H groups in total. The first kappa shape index (κ1) is 37.6. The Kier molecular flexibility index (Phi) is 9.61. The second-order valence-electron chi connectivity index (χ2n) is 15.8. The highest BCUT2D eigenvalue weighted by Crippen LogP contribution is 2.46. The van der Waals surface area contributed by atoms with Crippen LogP contribution in [0.2, 0.25) is 0 Å². The maximum absolute atomic E-state index is 17.8. The number of aromatic nitrogens is 4. The molecule has 1 amide bonds. The van der Waals surface area contributed by atoms with Gasteiger partial charge in [-0.3, -0.25) is 9.58 Å². The van der Waals surface area contributed by atoms with Gasteiger partial charge in [0.1, 0.15) is 46.8 Å². The Morgan fingerprint density at radius 3 is 2.57 bits per heavy atom. The smallest absolute Gasteiger partial charge is 0.410 e. The van der Waals surface area contributed by atoms with Crippen LogP contribution in [0.1, 0.15) is 45.6 Å². The van der Waals surface area contributed by atoms with E-state index in [9.17, 15) is 9.18 Å². The molecule has 3 saturated heterocycles. The molecule has 12 nitrogen and oxygen atoms in total. The minimum Gasteiger partial charge on any atom is -0.468 e. The molecule has 3 fully saturated rings. The number of amides is 1. The van der Waals surface area contributed by atoms with Crippen molar-refractivity contribution in [2.45, 2.75) is 57.3 Å². The number of hydrogen-bond acceptors (Lipinski definition) is 10. The third kappa shape index (κ3) is 6.68. The maximum Gasteiger partial charge on any atom is 0.410 e. The highest BCUT2D eigenvalue weighted by Gasteiger charge is 2.49. The highest BCUT2D eigenvalue weighted by atomic mass is 19.1. The van der Waals surface area contributed by atoms with Gasteiger partial charge in [0.05, 0.1) is 16.5 Å². The summed E-state index contributed by atoms with van der Waals surface area (Å²) in [6, 6.07) is 6.03. The summed E-state index contributed by atoms with van der Waals surface area (Å²) in [6.45, 7) is 7.95. The summed E-state index contributed by atoms with van der Waals surface area (Å²) in [4.78, 5) is 28.4. The normalized spacial score (nSPS) is 20.2. The zero-order chi connectivity index (χ0) is 39.5. The molecule has 3 aliphatic heterocycles. The van der Waals surface area contributed by atoms with Crippen LogP contribution in [0.3, 0.4) is 0 Å². The van der Waals surface area contributed by atoms with Crippen molar-refractivity contribution < 1.29 is 36.9 Å². The SMILES string of the molecule is C#Cc1c(F)ccc2cc(OCOC)cc(-c3c(F)c4nc(OC[C@@]56CCCN5C[C@H](F)C6)nc(N5CCN(C(=O)OC(C)(C)C)CC5)c4c4cn(C)nc34)c12. The monoisotopic (exact) mass is 771 g/mol. The molecule has 2 aromatic heterocycles. The number of aryl methyl sites for hydroxylation is 1. The van der Waals surface area contributed by atoms with Crippen molar-refractivity contribution in [3.8, 4) is 35.2 Å². The van der Waals surface area contributed by atoms with Crippen molar-refractivity contribution in [1.29, 1.82) is 0 Å². The zero-order valence-corrected chi connectivity index (χ0v) is 32.1. The molecule has 0 aliphatic carbocycles. The van der Waals surface area contributed by atoms with E-state index in [1.54, 1.807) is 41.0 Å². The average molecular weight is 772 g/mol. The Morgan fingerprint density at radius 2 is 1.84 bits per heavy atom. The van der Waals surface area contributed by atoms with Crippen LogP contribution in [-0.4, -0.2) is 113 Å². The van der Waals surface area contributed by atoms with E-state index < -0.39 is 35.0 Å². The van der Waals surface area contributed by atoms with Crippen LogP contribution in [0.5, 0.6) is 11.8 Å². The van der Waals surface area contributed by atoms with E-state index in [1.165, 1.54) is 13.2 Å². The lowest BCUT2D eigenvalue weighted by atomic mass is 9.91. The highest BCUT2D eigenvalue weighted by molar-refractivity contribution is 6.18. The van der Waals surface area contributed by atoms with Crippen LogP contribution < -0.4 is 14.4 Å². The van der Waals surface area contributed by atoms with E-state index in [2.05, 4.69) is 10.8 Å². The first-order valence-electron chi connectivity index (χ1n) is 18.8. The Bertz CT molecular complexity index is 2400. The van der Waals surface area contributed by atoms with Gasteiger partial charge in [0, 0.05) is 75.8 Å². The van der Waals surface area contributed by atoms with Gasteiger partial charge in [0.2, 0.25) is 0 Å². The van der Waals surface area contributed by atoms with Gasteiger partial charge in [-0.25, -0.2) is 18.0 Å². The van der Waals surface area contributed by atoms with Crippen LogP contribution in [0.4, 0.5) is 23.8 Å². The molecule has 8 rings (SSSR count). The van der Waals surface area contributed by atoms with Gasteiger partial charge < -0.3 is 28.7 Å². The van der Waals surface area contributed by atoms with Crippen LogP contribution in [-0.2, 0) is 16.5 Å². The molecule has 0 spiro atoms. The molecular weight excluding hydrogens is 727 g/mol. The number of carbonyl (C=O) groups is 1. The van der Waals surface area contributed by atoms with Crippen molar-refractivity contribution in [3.63, 3.8) is 0 Å². The molecule has 5 heterocycles. The number of methoxy groups -OCH3 is 1. The molecule has 15 heteroatoms. The van der Waals surface area contributed by atoms with Crippen molar-refractivity contribution in [2.75, 3.05) is 64.7 Å². The molecule has 3 aliphatic rings. The van der Waals surface area contributed by atoms with E-state index in [-0.39, 0.29) is 47.1 Å². The number of hydrogen-bond donors (Lipinski definition) is 0. The van der Waals surface area contributed by atoms with Gasteiger partial charge in [-0.1, -0.05) is 12.0 Å². The summed E-state index contributed by atoms with van der Waals surface area (Å²) in [6.07, 6.45) is 8.26. The minimum atomic E-state index is -0.969. The Balaban J connectivity index is 1.32. The van der Waals surface area contributed by atoms with Crippen molar-refractivity contribution >= 4 is 44.5 Å². The Labute approximate surface area is 322 Å². The van der Waals surface area contributed by atoms with Crippen molar-refractivity contribution in [3.05, 3.63) is 47.7 Å². The first-order valence-corrected chi connectivity index (χ1v) is 18.8. The first-order chi connectivity index (χ1) is 26.8. The summed E-state index contributed by atoms with van der Waals surface area (Å²) >= 11 is 0. The third-order valence-electron chi connectivity index (χ3n) is 10.9. The number of fused-ring (bicyclic) bond motifs is 5. The quantitative estimate of drug-likeness (QED) is 0.127. The molecule has 56 heavy (non-hydrogen) atoms. The minimum absolute atomic E-state index is 0.0324. The number of nitrogens with zero attached hydrogens (tertiary/aromatic N) is 7. The van der Waals surface area contributed by atoms with Gasteiger partial charge in [-0.15, -0.1) is 6.42 Å². The van der Waals surface area contributed by atoms with Crippen LogP contribution in [0.25, 0.3) is 43.7 Å². The summed E-state index contributed by atoms with van der Waals surface area (Å²) in [7, 11) is 3.20. The molecule has 3 aromatic carbocycles. The number of piperazine rings is 1. The molecule has 0 saturated carbocycles. The maximum atomic E-state index is 17.8. The fourth-order valence-electron chi connectivity index (χ4n) is 8.49. The predicted octanol–water partition coefficient (Wildman–Crippen LogP) is 6.59.